The number of benzene rings is 3. The van der Waals surface area contributed by atoms with Gasteiger partial charge in [0.1, 0.15) is 0 Å². The number of amides is 1. The molecule has 4 N–H and O–H groups in total. The molecule has 1 heterocycles. The van der Waals surface area contributed by atoms with Crippen molar-refractivity contribution in [2.24, 2.45) is 5.73 Å². The normalized spacial score (nSPS) is 11.9. The van der Waals surface area contributed by atoms with Gasteiger partial charge in [-0.3, -0.25) is 9.89 Å². The summed E-state index contributed by atoms with van der Waals surface area (Å²) in [4.78, 5) is 25.1. The average molecular weight is 497 g/mol. The summed E-state index contributed by atoms with van der Waals surface area (Å²) in [6.07, 6.45) is 0.448. The Morgan fingerprint density at radius 1 is 1.09 bits per heavy atom. The Balaban J connectivity index is 1.64. The summed E-state index contributed by atoms with van der Waals surface area (Å²) < 4.78 is 4.81. The van der Waals surface area contributed by atoms with E-state index in [4.69, 9.17) is 33.7 Å². The SMILES string of the molecule is COC(=O)c1cccc(-c2n[nH]c3ccc(NC(=O)C(CCN)c4ccc(Cl)c(Cl)c4)cc23)c1. The first-order valence-corrected chi connectivity index (χ1v) is 11.3. The van der Waals surface area contributed by atoms with Gasteiger partial charge in [-0.05, 0) is 61.0 Å². The summed E-state index contributed by atoms with van der Waals surface area (Å²) in [6.45, 7) is 0.333. The third-order valence-electron chi connectivity index (χ3n) is 5.51. The summed E-state index contributed by atoms with van der Waals surface area (Å²) >= 11 is 12.2. The van der Waals surface area contributed by atoms with E-state index in [-0.39, 0.29) is 5.91 Å². The number of carbonyl (C=O) groups is 2. The number of anilines is 1. The van der Waals surface area contributed by atoms with E-state index in [9.17, 15) is 9.59 Å². The summed E-state index contributed by atoms with van der Waals surface area (Å²) in [6, 6.07) is 17.6. The first kappa shape index (κ1) is 23.8. The topological polar surface area (TPSA) is 110 Å². The van der Waals surface area contributed by atoms with Crippen molar-refractivity contribution in [3.8, 4) is 11.3 Å². The highest BCUT2D eigenvalue weighted by atomic mass is 35.5. The van der Waals surface area contributed by atoms with Gasteiger partial charge in [-0.25, -0.2) is 4.79 Å². The van der Waals surface area contributed by atoms with E-state index < -0.39 is 11.9 Å². The maximum Gasteiger partial charge on any atom is 0.337 e. The fourth-order valence-corrected chi connectivity index (χ4v) is 4.10. The second-order valence-electron chi connectivity index (χ2n) is 7.70. The van der Waals surface area contributed by atoms with Crippen LogP contribution in [0.4, 0.5) is 5.69 Å². The van der Waals surface area contributed by atoms with Crippen LogP contribution in [0.2, 0.25) is 10.0 Å². The lowest BCUT2D eigenvalue weighted by Crippen LogP contribution is -2.23. The number of aromatic nitrogens is 2. The Morgan fingerprint density at radius 3 is 2.65 bits per heavy atom. The Hall–Kier alpha value is -3.39. The molecule has 0 radical (unpaired) electrons. The number of fused-ring (bicyclic) bond motifs is 1. The molecule has 0 aliphatic carbocycles. The van der Waals surface area contributed by atoms with Gasteiger partial charge in [0.05, 0.1) is 39.8 Å². The van der Waals surface area contributed by atoms with Gasteiger partial charge in [-0.1, -0.05) is 41.4 Å². The van der Waals surface area contributed by atoms with Crippen LogP contribution in [-0.2, 0) is 9.53 Å². The quantitative estimate of drug-likeness (QED) is 0.297. The highest BCUT2D eigenvalue weighted by Gasteiger charge is 2.21. The van der Waals surface area contributed by atoms with Gasteiger partial charge in [0.25, 0.3) is 0 Å². The van der Waals surface area contributed by atoms with Gasteiger partial charge in [-0.2, -0.15) is 5.10 Å². The van der Waals surface area contributed by atoms with Crippen molar-refractivity contribution in [1.29, 1.82) is 0 Å². The second kappa shape index (κ2) is 10.3. The molecule has 1 unspecified atom stereocenters. The Labute approximate surface area is 206 Å². The van der Waals surface area contributed by atoms with Gasteiger partial charge in [0.15, 0.2) is 0 Å². The molecule has 9 heteroatoms. The van der Waals surface area contributed by atoms with Crippen molar-refractivity contribution in [3.63, 3.8) is 0 Å². The van der Waals surface area contributed by atoms with Gasteiger partial charge >= 0.3 is 5.97 Å². The van der Waals surface area contributed by atoms with E-state index in [0.717, 1.165) is 22.0 Å². The minimum Gasteiger partial charge on any atom is -0.465 e. The standard InChI is InChI=1S/C25H22Cl2N4O3/c1-34-25(33)16-4-2-3-15(11-16)23-19-13-17(6-8-22(19)30-31-23)29-24(32)18(9-10-28)14-5-7-20(26)21(27)12-14/h2-8,11-13,18H,9-10,28H2,1H3,(H,29,32)(H,30,31). The van der Waals surface area contributed by atoms with Crippen molar-refractivity contribution in [2.45, 2.75) is 12.3 Å². The lowest BCUT2D eigenvalue weighted by molar-refractivity contribution is -0.117. The number of halogens is 2. The fraction of sp³-hybridized carbons (Fsp3) is 0.160. The number of esters is 1. The number of nitrogens with two attached hydrogens (primary N) is 1. The van der Waals surface area contributed by atoms with E-state index in [2.05, 4.69) is 15.5 Å². The molecule has 0 fully saturated rings. The summed E-state index contributed by atoms with van der Waals surface area (Å²) in [5.74, 6) is -1.13. The Morgan fingerprint density at radius 2 is 1.91 bits per heavy atom. The van der Waals surface area contributed by atoms with Gasteiger partial charge in [0, 0.05) is 16.6 Å². The van der Waals surface area contributed by atoms with Crippen molar-refractivity contribution >= 4 is 51.7 Å². The molecule has 34 heavy (non-hydrogen) atoms. The molecule has 1 aromatic heterocycles. The van der Waals surface area contributed by atoms with E-state index in [1.807, 2.05) is 18.2 Å². The number of hydrogen-bond donors (Lipinski definition) is 3. The van der Waals surface area contributed by atoms with Crippen molar-refractivity contribution < 1.29 is 14.3 Å². The fourth-order valence-electron chi connectivity index (χ4n) is 3.80. The number of carbonyl (C=O) groups excluding carboxylic acids is 2. The zero-order valence-electron chi connectivity index (χ0n) is 18.3. The number of aromatic amines is 1. The summed E-state index contributed by atoms with van der Waals surface area (Å²) in [5, 5.41) is 12.0. The van der Waals surface area contributed by atoms with Crippen LogP contribution in [0.1, 0.15) is 28.3 Å². The summed E-state index contributed by atoms with van der Waals surface area (Å²) in [7, 11) is 1.34. The van der Waals surface area contributed by atoms with Crippen LogP contribution in [0.3, 0.4) is 0 Å². The monoisotopic (exact) mass is 496 g/mol. The van der Waals surface area contributed by atoms with E-state index >= 15 is 0 Å². The molecule has 174 valence electrons. The van der Waals surface area contributed by atoms with Gasteiger partial charge in [-0.15, -0.1) is 0 Å². The number of ether oxygens (including phenoxy) is 1. The number of methoxy groups -OCH3 is 1. The zero-order chi connectivity index (χ0) is 24.2. The number of hydrogen-bond acceptors (Lipinski definition) is 5. The maximum absolute atomic E-state index is 13.2. The van der Waals surface area contributed by atoms with E-state index in [1.54, 1.807) is 42.5 Å². The van der Waals surface area contributed by atoms with E-state index in [0.29, 0.717) is 40.0 Å². The van der Waals surface area contributed by atoms with Gasteiger partial charge in [0.2, 0.25) is 5.91 Å². The Bertz CT molecular complexity index is 1370. The lowest BCUT2D eigenvalue weighted by Gasteiger charge is -2.17. The average Bonchev–Trinajstić information content (AvgIpc) is 3.27. The molecule has 0 saturated carbocycles. The van der Waals surface area contributed by atoms with Crippen LogP contribution in [0.25, 0.3) is 22.2 Å². The smallest absolute Gasteiger partial charge is 0.337 e. The molecule has 4 rings (SSSR count). The molecule has 7 nitrogen and oxygen atoms in total. The first-order valence-electron chi connectivity index (χ1n) is 10.5. The highest BCUT2D eigenvalue weighted by Crippen LogP contribution is 2.31. The molecule has 0 aliphatic rings. The maximum atomic E-state index is 13.2. The molecule has 1 atom stereocenters. The molecule has 0 saturated heterocycles. The van der Waals surface area contributed by atoms with Crippen molar-refractivity contribution in [3.05, 3.63) is 81.8 Å². The van der Waals surface area contributed by atoms with Crippen LogP contribution in [0.5, 0.6) is 0 Å². The first-order chi connectivity index (χ1) is 16.4. The number of nitrogens with zero attached hydrogens (tertiary/aromatic N) is 1. The third-order valence-corrected chi connectivity index (χ3v) is 6.24. The number of nitrogens with one attached hydrogen (secondary N) is 2. The molecule has 0 bridgehead atoms. The molecule has 3 aromatic carbocycles. The van der Waals surface area contributed by atoms with Crippen LogP contribution < -0.4 is 11.1 Å². The molecule has 0 spiro atoms. The van der Waals surface area contributed by atoms with Crippen molar-refractivity contribution in [1.82, 2.24) is 10.2 Å². The largest absolute Gasteiger partial charge is 0.465 e. The summed E-state index contributed by atoms with van der Waals surface area (Å²) in [5.41, 5.74) is 9.72. The predicted molar refractivity (Wildman–Crippen MR) is 134 cm³/mol. The van der Waals surface area contributed by atoms with Crippen LogP contribution in [-0.4, -0.2) is 35.7 Å². The molecule has 0 aliphatic heterocycles. The number of rotatable bonds is 7. The minimum absolute atomic E-state index is 0.207. The van der Waals surface area contributed by atoms with Crippen molar-refractivity contribution in [2.75, 3.05) is 19.0 Å². The molecular formula is C25H22Cl2N4O3. The lowest BCUT2D eigenvalue weighted by atomic mass is 9.94. The zero-order valence-corrected chi connectivity index (χ0v) is 19.8. The molecule has 4 aromatic rings. The molecule has 1 amide bonds. The van der Waals surface area contributed by atoms with Crippen LogP contribution in [0.15, 0.2) is 60.7 Å². The van der Waals surface area contributed by atoms with Crippen LogP contribution in [0, 0.1) is 0 Å². The highest BCUT2D eigenvalue weighted by molar-refractivity contribution is 6.42. The molecular weight excluding hydrogens is 475 g/mol. The number of H-pyrrole nitrogens is 1. The van der Waals surface area contributed by atoms with Crippen LogP contribution >= 0.6 is 23.2 Å². The van der Waals surface area contributed by atoms with E-state index in [1.165, 1.54) is 7.11 Å². The predicted octanol–water partition coefficient (Wildman–Crippen LogP) is 5.39. The van der Waals surface area contributed by atoms with Gasteiger partial charge < -0.3 is 15.8 Å². The second-order valence-corrected chi connectivity index (χ2v) is 8.51. The minimum atomic E-state index is -0.490. The Kier molecular flexibility index (Phi) is 7.17. The third kappa shape index (κ3) is 4.92.